The summed E-state index contributed by atoms with van der Waals surface area (Å²) in [4.78, 5) is 8.75. The summed E-state index contributed by atoms with van der Waals surface area (Å²) in [7, 11) is 0. The number of fused-ring (bicyclic) bond motifs is 1. The Morgan fingerprint density at radius 2 is 1.79 bits per heavy atom. The second-order valence-corrected chi connectivity index (χ2v) is 6.48. The van der Waals surface area contributed by atoms with E-state index >= 15 is 0 Å². The number of rotatable bonds is 4. The molecule has 0 bridgehead atoms. The van der Waals surface area contributed by atoms with Gasteiger partial charge in [0, 0.05) is 21.3 Å². The number of hydrazone groups is 1. The van der Waals surface area contributed by atoms with E-state index in [0.29, 0.717) is 15.7 Å². The summed E-state index contributed by atoms with van der Waals surface area (Å²) in [5.41, 5.74) is 1.60. The van der Waals surface area contributed by atoms with Crippen molar-refractivity contribution >= 4 is 51.7 Å². The maximum Gasteiger partial charge on any atom is 0.245 e. The van der Waals surface area contributed by atoms with Crippen molar-refractivity contribution in [2.45, 2.75) is 0 Å². The largest absolute Gasteiger partial charge is 0.507 e. The Bertz CT molecular complexity index is 1210. The van der Waals surface area contributed by atoms with Crippen molar-refractivity contribution in [3.8, 4) is 5.75 Å². The Labute approximate surface area is 167 Å². The maximum atomic E-state index is 10.3. The zero-order valence-corrected chi connectivity index (χ0v) is 15.5. The van der Waals surface area contributed by atoms with Gasteiger partial charge in [-0.2, -0.15) is 5.10 Å². The average Bonchev–Trinajstić information content (AvgIpc) is 3.12. The number of nitrogens with two attached hydrogens (primary N) is 1. The van der Waals surface area contributed by atoms with Crippen LogP contribution in [0.4, 0.5) is 11.5 Å². The standard InChI is InChI=1S/C17H11Cl2N7O2/c18-8-2-1-3-10(6-8)21-15-14(22-16-17(23-15)26-28-25-16)13(24-20)11-7-9(19)4-5-12(11)27/h1-7,27H,20H2,(H,21,23,26). The summed E-state index contributed by atoms with van der Waals surface area (Å²) in [5.74, 6) is 5.80. The molecule has 11 heteroatoms. The van der Waals surface area contributed by atoms with E-state index in [-0.39, 0.29) is 39.8 Å². The van der Waals surface area contributed by atoms with Crippen LogP contribution in [-0.2, 0) is 0 Å². The van der Waals surface area contributed by atoms with E-state index in [1.54, 1.807) is 24.3 Å². The van der Waals surface area contributed by atoms with E-state index in [9.17, 15) is 5.11 Å². The van der Waals surface area contributed by atoms with Gasteiger partial charge in [0.15, 0.2) is 5.82 Å². The summed E-state index contributed by atoms with van der Waals surface area (Å²) >= 11 is 12.1. The van der Waals surface area contributed by atoms with Crippen molar-refractivity contribution in [3.05, 3.63) is 63.8 Å². The number of hydrogen-bond acceptors (Lipinski definition) is 9. The second-order valence-electron chi connectivity index (χ2n) is 5.61. The van der Waals surface area contributed by atoms with Crippen LogP contribution >= 0.6 is 23.2 Å². The predicted octanol–water partition coefficient (Wildman–Crippen LogP) is 3.48. The minimum absolute atomic E-state index is 0.0810. The molecule has 9 nitrogen and oxygen atoms in total. The fourth-order valence-electron chi connectivity index (χ4n) is 2.55. The molecule has 0 amide bonds. The van der Waals surface area contributed by atoms with Crippen molar-refractivity contribution in [3.63, 3.8) is 0 Å². The molecule has 0 radical (unpaired) electrons. The monoisotopic (exact) mass is 415 g/mol. The van der Waals surface area contributed by atoms with Crippen LogP contribution in [0.3, 0.4) is 0 Å². The number of anilines is 2. The molecule has 0 aliphatic rings. The summed E-state index contributed by atoms with van der Waals surface area (Å²) < 4.78 is 4.69. The Morgan fingerprint density at radius 1 is 1.04 bits per heavy atom. The molecule has 0 unspecified atom stereocenters. The average molecular weight is 416 g/mol. The number of aromatic nitrogens is 4. The van der Waals surface area contributed by atoms with Crippen molar-refractivity contribution in [1.29, 1.82) is 0 Å². The lowest BCUT2D eigenvalue weighted by atomic mass is 10.1. The molecule has 0 saturated heterocycles. The van der Waals surface area contributed by atoms with Gasteiger partial charge in [0.05, 0.1) is 0 Å². The van der Waals surface area contributed by atoms with E-state index in [0.717, 1.165) is 0 Å². The van der Waals surface area contributed by atoms with Crippen molar-refractivity contribution < 1.29 is 9.74 Å². The fourth-order valence-corrected chi connectivity index (χ4v) is 2.91. The Kier molecular flexibility index (Phi) is 4.68. The number of nitrogens with one attached hydrogen (secondary N) is 1. The third-order valence-electron chi connectivity index (χ3n) is 3.77. The number of phenols is 1. The molecule has 4 rings (SSSR count). The predicted molar refractivity (Wildman–Crippen MR) is 105 cm³/mol. The van der Waals surface area contributed by atoms with Crippen molar-refractivity contribution in [1.82, 2.24) is 20.3 Å². The van der Waals surface area contributed by atoms with Gasteiger partial charge >= 0.3 is 0 Å². The van der Waals surface area contributed by atoms with Crippen LogP contribution in [0.2, 0.25) is 10.0 Å². The lowest BCUT2D eigenvalue weighted by Gasteiger charge is -2.13. The molecule has 0 saturated carbocycles. The second kappa shape index (κ2) is 7.29. The molecular formula is C17H11Cl2N7O2. The highest BCUT2D eigenvalue weighted by atomic mass is 35.5. The normalized spacial score (nSPS) is 11.7. The third kappa shape index (κ3) is 3.40. The van der Waals surface area contributed by atoms with Crippen molar-refractivity contribution in [2.75, 3.05) is 5.32 Å². The molecule has 0 spiro atoms. The van der Waals surface area contributed by atoms with E-state index in [1.165, 1.54) is 18.2 Å². The zero-order valence-electron chi connectivity index (χ0n) is 14.0. The lowest BCUT2D eigenvalue weighted by molar-refractivity contribution is 0.314. The zero-order chi connectivity index (χ0) is 19.7. The van der Waals surface area contributed by atoms with Gasteiger partial charge in [0.1, 0.15) is 17.2 Å². The van der Waals surface area contributed by atoms with Gasteiger partial charge in [-0.1, -0.05) is 29.3 Å². The molecule has 4 N–H and O–H groups in total. The number of halogens is 2. The van der Waals surface area contributed by atoms with Gasteiger partial charge in [-0.05, 0) is 46.7 Å². The summed E-state index contributed by atoms with van der Waals surface area (Å²) in [6.07, 6.45) is 0. The SMILES string of the molecule is NN=C(c1cc(Cl)ccc1O)c1nc2nonc2nc1Nc1cccc(Cl)c1. The van der Waals surface area contributed by atoms with Crippen LogP contribution in [0.1, 0.15) is 11.3 Å². The molecule has 0 fully saturated rings. The van der Waals surface area contributed by atoms with E-state index in [2.05, 4.69) is 30.7 Å². The van der Waals surface area contributed by atoms with Crippen LogP contribution < -0.4 is 11.2 Å². The molecule has 0 atom stereocenters. The molecule has 2 aromatic carbocycles. The number of benzene rings is 2. The van der Waals surface area contributed by atoms with Gasteiger partial charge in [-0.3, -0.25) is 0 Å². The first-order chi connectivity index (χ1) is 13.5. The summed E-state index contributed by atoms with van der Waals surface area (Å²) in [5, 5.41) is 25.5. The van der Waals surface area contributed by atoms with Crippen LogP contribution in [0, 0.1) is 0 Å². The first-order valence-electron chi connectivity index (χ1n) is 7.85. The number of aromatic hydroxyl groups is 1. The minimum atomic E-state index is -0.0810. The van der Waals surface area contributed by atoms with E-state index in [1.807, 2.05) is 0 Å². The number of nitrogens with zero attached hydrogens (tertiary/aromatic N) is 5. The van der Waals surface area contributed by atoms with Gasteiger partial charge in [0.25, 0.3) is 0 Å². The van der Waals surface area contributed by atoms with Gasteiger partial charge in [0.2, 0.25) is 11.3 Å². The highest BCUT2D eigenvalue weighted by Gasteiger charge is 2.21. The maximum absolute atomic E-state index is 10.3. The molecule has 0 aliphatic heterocycles. The molecule has 28 heavy (non-hydrogen) atoms. The van der Waals surface area contributed by atoms with Crippen LogP contribution in [0.25, 0.3) is 11.3 Å². The quantitative estimate of drug-likeness (QED) is 0.261. The summed E-state index contributed by atoms with van der Waals surface area (Å²) in [6, 6.07) is 11.5. The molecule has 2 aromatic heterocycles. The fraction of sp³-hybridized carbons (Fsp3) is 0. The highest BCUT2D eigenvalue weighted by Crippen LogP contribution is 2.28. The first kappa shape index (κ1) is 18.0. The third-order valence-corrected chi connectivity index (χ3v) is 4.24. The van der Waals surface area contributed by atoms with Gasteiger partial charge < -0.3 is 16.3 Å². The molecule has 0 aliphatic carbocycles. The van der Waals surface area contributed by atoms with E-state index in [4.69, 9.17) is 33.7 Å². The molecule has 140 valence electrons. The van der Waals surface area contributed by atoms with Gasteiger partial charge in [-0.15, -0.1) is 0 Å². The minimum Gasteiger partial charge on any atom is -0.507 e. The molecule has 2 heterocycles. The molecule has 4 aromatic rings. The Hall–Kier alpha value is -3.43. The van der Waals surface area contributed by atoms with Crippen LogP contribution in [-0.4, -0.2) is 31.1 Å². The number of hydrogen-bond donors (Lipinski definition) is 3. The summed E-state index contributed by atoms with van der Waals surface area (Å²) in [6.45, 7) is 0. The van der Waals surface area contributed by atoms with Gasteiger partial charge in [-0.25, -0.2) is 14.6 Å². The molecular weight excluding hydrogens is 405 g/mol. The van der Waals surface area contributed by atoms with Crippen molar-refractivity contribution in [2.24, 2.45) is 10.9 Å². The highest BCUT2D eigenvalue weighted by molar-refractivity contribution is 6.31. The number of phenolic OH excluding ortho intramolecular Hbond substituents is 1. The van der Waals surface area contributed by atoms with Crippen LogP contribution in [0.5, 0.6) is 5.75 Å². The lowest BCUT2D eigenvalue weighted by Crippen LogP contribution is -2.13. The Balaban J connectivity index is 1.90. The smallest absolute Gasteiger partial charge is 0.245 e. The topological polar surface area (TPSA) is 135 Å². The van der Waals surface area contributed by atoms with E-state index < -0.39 is 0 Å². The van der Waals surface area contributed by atoms with Crippen LogP contribution in [0.15, 0.2) is 52.2 Å². The Morgan fingerprint density at radius 3 is 2.54 bits per heavy atom. The first-order valence-corrected chi connectivity index (χ1v) is 8.61.